The normalized spacial score (nSPS) is 27.6. The van der Waals surface area contributed by atoms with Crippen LogP contribution < -0.4 is 0 Å². The Hall–Kier alpha value is -0.170. The highest BCUT2D eigenvalue weighted by Crippen LogP contribution is 2.16. The Morgan fingerprint density at radius 1 is 1.29 bits per heavy atom. The molecule has 6 heteroatoms. The number of hydrogen-bond donors (Lipinski definition) is 0. The number of ether oxygens (including phenoxy) is 1. The Morgan fingerprint density at radius 2 is 1.82 bits per heavy atom. The third-order valence-electron chi connectivity index (χ3n) is 2.93. The summed E-state index contributed by atoms with van der Waals surface area (Å²) in [6, 6.07) is 0. The summed E-state index contributed by atoms with van der Waals surface area (Å²) in [6.45, 7) is 7.35. The lowest BCUT2D eigenvalue weighted by molar-refractivity contribution is -0.0453. The van der Waals surface area contributed by atoms with Crippen LogP contribution >= 0.6 is 0 Å². The molecule has 0 saturated carbocycles. The van der Waals surface area contributed by atoms with E-state index in [4.69, 9.17) is 4.74 Å². The average molecular weight is 264 g/mol. The molecule has 1 fully saturated rings. The summed E-state index contributed by atoms with van der Waals surface area (Å²) in [6.07, 6.45) is 1.82. The molecule has 0 radical (unpaired) electrons. The van der Waals surface area contributed by atoms with Crippen molar-refractivity contribution >= 4 is 10.2 Å². The van der Waals surface area contributed by atoms with E-state index >= 15 is 0 Å². The highest BCUT2D eigenvalue weighted by atomic mass is 32.2. The summed E-state index contributed by atoms with van der Waals surface area (Å²) >= 11 is 0. The smallest absolute Gasteiger partial charge is 0.281 e. The van der Waals surface area contributed by atoms with Crippen molar-refractivity contribution in [2.24, 2.45) is 0 Å². The van der Waals surface area contributed by atoms with Gasteiger partial charge in [-0.15, -0.1) is 0 Å². The van der Waals surface area contributed by atoms with Crippen LogP contribution in [0, 0.1) is 0 Å². The van der Waals surface area contributed by atoms with E-state index in [0.717, 1.165) is 12.8 Å². The molecule has 0 aromatic heterocycles. The van der Waals surface area contributed by atoms with Gasteiger partial charge in [0.1, 0.15) is 0 Å². The third kappa shape index (κ3) is 3.91. The summed E-state index contributed by atoms with van der Waals surface area (Å²) in [5, 5.41) is 0. The van der Waals surface area contributed by atoms with Crippen LogP contribution in [0.2, 0.25) is 0 Å². The zero-order valence-corrected chi connectivity index (χ0v) is 12.0. The van der Waals surface area contributed by atoms with Crippen LogP contribution in [0.1, 0.15) is 33.6 Å². The van der Waals surface area contributed by atoms with Gasteiger partial charge in [0.2, 0.25) is 0 Å². The van der Waals surface area contributed by atoms with Crippen molar-refractivity contribution < 1.29 is 13.2 Å². The minimum absolute atomic E-state index is 0.0342. The molecule has 0 N–H and O–H groups in total. The fourth-order valence-electron chi connectivity index (χ4n) is 2.01. The molecule has 2 unspecified atom stereocenters. The van der Waals surface area contributed by atoms with Crippen molar-refractivity contribution in [1.82, 2.24) is 8.61 Å². The van der Waals surface area contributed by atoms with Crippen LogP contribution in [-0.4, -0.2) is 55.9 Å². The SMILES string of the molecule is CCCCN(C)S(=O)(=O)N1CC(C)OC(C)C1. The molecule has 1 rings (SSSR count). The molecule has 1 aliphatic rings. The number of unbranched alkanes of at least 4 members (excludes halogenated alkanes) is 1. The van der Waals surface area contributed by atoms with Crippen LogP contribution in [0.5, 0.6) is 0 Å². The van der Waals surface area contributed by atoms with Crippen molar-refractivity contribution in [1.29, 1.82) is 0 Å². The van der Waals surface area contributed by atoms with Gasteiger partial charge in [0.05, 0.1) is 12.2 Å². The lowest BCUT2D eigenvalue weighted by Gasteiger charge is -2.36. The monoisotopic (exact) mass is 264 g/mol. The van der Waals surface area contributed by atoms with Crippen LogP contribution in [-0.2, 0) is 14.9 Å². The Morgan fingerprint density at radius 3 is 2.29 bits per heavy atom. The Kier molecular flexibility index (Phi) is 5.37. The summed E-state index contributed by atoms with van der Waals surface area (Å²) in [4.78, 5) is 0. The van der Waals surface area contributed by atoms with Crippen molar-refractivity contribution in [3.05, 3.63) is 0 Å². The Balaban J connectivity index is 2.68. The minimum atomic E-state index is -3.31. The van der Waals surface area contributed by atoms with E-state index in [1.54, 1.807) is 7.05 Å². The van der Waals surface area contributed by atoms with Gasteiger partial charge in [0.15, 0.2) is 0 Å². The molecule has 5 nitrogen and oxygen atoms in total. The lowest BCUT2D eigenvalue weighted by Crippen LogP contribution is -2.52. The van der Waals surface area contributed by atoms with E-state index in [0.29, 0.717) is 19.6 Å². The molecular weight excluding hydrogens is 240 g/mol. The van der Waals surface area contributed by atoms with Crippen molar-refractivity contribution in [3.63, 3.8) is 0 Å². The van der Waals surface area contributed by atoms with E-state index in [9.17, 15) is 8.42 Å². The van der Waals surface area contributed by atoms with Gasteiger partial charge in [-0.25, -0.2) is 0 Å². The van der Waals surface area contributed by atoms with Crippen LogP contribution in [0.3, 0.4) is 0 Å². The zero-order valence-electron chi connectivity index (χ0n) is 11.2. The maximum atomic E-state index is 12.3. The van der Waals surface area contributed by atoms with E-state index in [-0.39, 0.29) is 12.2 Å². The quantitative estimate of drug-likeness (QED) is 0.746. The van der Waals surface area contributed by atoms with Gasteiger partial charge in [-0.1, -0.05) is 13.3 Å². The predicted octanol–water partition coefficient (Wildman–Crippen LogP) is 1.07. The molecule has 1 heterocycles. The summed E-state index contributed by atoms with van der Waals surface area (Å²) in [5.74, 6) is 0. The summed E-state index contributed by atoms with van der Waals surface area (Å²) < 4.78 is 33.1. The molecular formula is C11H24N2O3S. The first kappa shape index (κ1) is 14.9. The predicted molar refractivity (Wildman–Crippen MR) is 68.0 cm³/mol. The number of nitrogens with zero attached hydrogens (tertiary/aromatic N) is 2. The van der Waals surface area contributed by atoms with Crippen molar-refractivity contribution in [3.8, 4) is 0 Å². The molecule has 1 aliphatic heterocycles. The fourth-order valence-corrected chi connectivity index (χ4v) is 3.56. The first-order chi connectivity index (χ1) is 7.87. The first-order valence-electron chi connectivity index (χ1n) is 6.24. The number of rotatable bonds is 5. The molecule has 0 aliphatic carbocycles. The third-order valence-corrected chi connectivity index (χ3v) is 4.85. The highest BCUT2D eigenvalue weighted by Gasteiger charge is 2.33. The maximum Gasteiger partial charge on any atom is 0.281 e. The van der Waals surface area contributed by atoms with Gasteiger partial charge < -0.3 is 4.74 Å². The van der Waals surface area contributed by atoms with Gasteiger partial charge in [-0.2, -0.15) is 17.0 Å². The largest absolute Gasteiger partial charge is 0.373 e. The number of hydrogen-bond acceptors (Lipinski definition) is 3. The summed E-state index contributed by atoms with van der Waals surface area (Å²) in [7, 11) is -1.66. The molecule has 0 spiro atoms. The van der Waals surface area contributed by atoms with Crippen LogP contribution in [0.25, 0.3) is 0 Å². The van der Waals surface area contributed by atoms with E-state index in [1.165, 1.54) is 8.61 Å². The molecule has 1 saturated heterocycles. The lowest BCUT2D eigenvalue weighted by atomic mass is 10.3. The van der Waals surface area contributed by atoms with Crippen molar-refractivity contribution in [2.75, 3.05) is 26.7 Å². The number of morpholine rings is 1. The van der Waals surface area contributed by atoms with Gasteiger partial charge in [0.25, 0.3) is 10.2 Å². The van der Waals surface area contributed by atoms with Crippen LogP contribution in [0.15, 0.2) is 0 Å². The molecule has 0 bridgehead atoms. The topological polar surface area (TPSA) is 49.9 Å². The first-order valence-corrected chi connectivity index (χ1v) is 7.64. The van der Waals surface area contributed by atoms with Gasteiger partial charge in [0, 0.05) is 26.7 Å². The second kappa shape index (κ2) is 6.13. The molecule has 0 aromatic carbocycles. The Labute approximate surface area is 105 Å². The second-order valence-corrected chi connectivity index (χ2v) is 6.79. The zero-order chi connectivity index (χ0) is 13.1. The minimum Gasteiger partial charge on any atom is -0.373 e. The van der Waals surface area contributed by atoms with E-state index < -0.39 is 10.2 Å². The second-order valence-electron chi connectivity index (χ2n) is 4.76. The van der Waals surface area contributed by atoms with Crippen LogP contribution in [0.4, 0.5) is 0 Å². The van der Waals surface area contributed by atoms with Crippen molar-refractivity contribution in [2.45, 2.75) is 45.8 Å². The molecule has 17 heavy (non-hydrogen) atoms. The average Bonchev–Trinajstić information content (AvgIpc) is 2.24. The molecule has 0 amide bonds. The molecule has 0 aromatic rings. The molecule has 102 valence electrons. The standard InChI is InChI=1S/C11H24N2O3S/c1-5-6-7-12(4)17(14,15)13-8-10(2)16-11(3)9-13/h10-11H,5-9H2,1-4H3. The molecule has 2 atom stereocenters. The van der Waals surface area contributed by atoms with Gasteiger partial charge in [-0.05, 0) is 20.3 Å². The van der Waals surface area contributed by atoms with E-state index in [2.05, 4.69) is 6.92 Å². The van der Waals surface area contributed by atoms with Gasteiger partial charge >= 0.3 is 0 Å². The maximum absolute atomic E-state index is 12.3. The van der Waals surface area contributed by atoms with Gasteiger partial charge in [-0.3, -0.25) is 0 Å². The highest BCUT2D eigenvalue weighted by molar-refractivity contribution is 7.86. The fraction of sp³-hybridized carbons (Fsp3) is 1.00. The van der Waals surface area contributed by atoms with E-state index in [1.807, 2.05) is 13.8 Å². The Bertz CT molecular complexity index is 322. The summed E-state index contributed by atoms with van der Waals surface area (Å²) in [5.41, 5.74) is 0.